The summed E-state index contributed by atoms with van der Waals surface area (Å²) >= 11 is 0. The highest BCUT2D eigenvalue weighted by Crippen LogP contribution is 2.29. The zero-order chi connectivity index (χ0) is 31.5. The van der Waals surface area contributed by atoms with Crippen LogP contribution in [0, 0.1) is 5.82 Å². The number of rotatable bonds is 3. The van der Waals surface area contributed by atoms with Crippen molar-refractivity contribution in [3.63, 3.8) is 0 Å². The Kier molecular flexibility index (Phi) is 8.32. The van der Waals surface area contributed by atoms with Crippen LogP contribution < -0.4 is 30.4 Å². The molecule has 2 aliphatic rings. The Morgan fingerprint density at radius 3 is 2.80 bits per heavy atom. The molecule has 3 amide bonds. The highest BCUT2D eigenvalue weighted by molar-refractivity contribution is 5.95. The summed E-state index contributed by atoms with van der Waals surface area (Å²) < 4.78 is 33.0. The number of nitrogens with zero attached hydrogens (tertiary/aromatic N) is 3. The summed E-state index contributed by atoms with van der Waals surface area (Å²) in [5.41, 5.74) is 0.892. The molecule has 2 aliphatic heterocycles. The quantitative estimate of drug-likeness (QED) is 0.357. The van der Waals surface area contributed by atoms with Gasteiger partial charge in [0.2, 0.25) is 5.91 Å². The second kappa shape index (κ2) is 12.6. The van der Waals surface area contributed by atoms with Gasteiger partial charge < -0.3 is 29.7 Å². The second-order valence-electron chi connectivity index (χ2n) is 10.8. The molecule has 3 heterocycles. The molecule has 0 spiro atoms. The molecule has 6 rings (SSSR count). The molecule has 1 fully saturated rings. The minimum absolute atomic E-state index is 0.0313. The maximum Gasteiger partial charge on any atom is 0.261 e. The van der Waals surface area contributed by atoms with E-state index in [0.717, 1.165) is 0 Å². The standard InChI is InChI=1S/C32H30FN5O7/c1-43-27-7-6-20-12-28(27)44-17-29(39)34-14-19-10-21(33)13-22(11-19)45-26-8-9-37(15-25(26)36-31(20)41)30(40)16-38-18-35-24-5-3-2-4-23(24)32(38)42/h2-7,10-13,18,25-26H,8-9,14-17H2,1H3,(H,34,39)(H,36,41)/t25-,26+/m0/s1. The molecule has 2 N–H and O–H groups in total. The molecule has 2 atom stereocenters. The zero-order valence-corrected chi connectivity index (χ0v) is 24.3. The first kappa shape index (κ1) is 29.6. The summed E-state index contributed by atoms with van der Waals surface area (Å²) in [6, 6.07) is 14.9. The van der Waals surface area contributed by atoms with Crippen LogP contribution in [0.2, 0.25) is 0 Å². The molecule has 13 heteroatoms. The Morgan fingerprint density at radius 2 is 1.96 bits per heavy atom. The third-order valence-electron chi connectivity index (χ3n) is 7.75. The van der Waals surface area contributed by atoms with E-state index >= 15 is 0 Å². The number of fused-ring (bicyclic) bond motifs is 6. The van der Waals surface area contributed by atoms with Gasteiger partial charge in [0, 0.05) is 37.7 Å². The Balaban J connectivity index is 1.28. The number of amides is 3. The van der Waals surface area contributed by atoms with E-state index in [2.05, 4.69) is 15.6 Å². The van der Waals surface area contributed by atoms with Crippen molar-refractivity contribution in [2.75, 3.05) is 26.8 Å². The number of nitrogens with one attached hydrogen (secondary N) is 2. The van der Waals surface area contributed by atoms with Gasteiger partial charge in [0.25, 0.3) is 17.4 Å². The van der Waals surface area contributed by atoms with Crippen molar-refractivity contribution in [1.82, 2.24) is 25.1 Å². The van der Waals surface area contributed by atoms with E-state index in [1.54, 1.807) is 47.4 Å². The molecule has 0 radical (unpaired) electrons. The van der Waals surface area contributed by atoms with Gasteiger partial charge in [-0.05, 0) is 48.0 Å². The molecule has 4 aromatic rings. The monoisotopic (exact) mass is 615 g/mol. The molecule has 1 aromatic heterocycles. The Morgan fingerprint density at radius 1 is 1.11 bits per heavy atom. The number of hydrogen-bond donors (Lipinski definition) is 2. The van der Waals surface area contributed by atoms with Crippen LogP contribution in [0.3, 0.4) is 0 Å². The number of halogens is 1. The Labute approximate surface area is 256 Å². The van der Waals surface area contributed by atoms with Crippen molar-refractivity contribution in [1.29, 1.82) is 0 Å². The third-order valence-corrected chi connectivity index (χ3v) is 7.75. The Bertz CT molecular complexity index is 1840. The number of carbonyl (C=O) groups excluding carboxylic acids is 3. The largest absolute Gasteiger partial charge is 0.493 e. The summed E-state index contributed by atoms with van der Waals surface area (Å²) in [7, 11) is 1.44. The van der Waals surface area contributed by atoms with Gasteiger partial charge in [-0.1, -0.05) is 12.1 Å². The predicted molar refractivity (Wildman–Crippen MR) is 160 cm³/mol. The topological polar surface area (TPSA) is 141 Å². The van der Waals surface area contributed by atoms with Crippen LogP contribution in [0.25, 0.3) is 10.9 Å². The average molecular weight is 616 g/mol. The molecular weight excluding hydrogens is 585 g/mol. The minimum Gasteiger partial charge on any atom is -0.493 e. The number of hydrogen-bond acceptors (Lipinski definition) is 8. The van der Waals surface area contributed by atoms with Gasteiger partial charge in [-0.25, -0.2) is 9.37 Å². The lowest BCUT2D eigenvalue weighted by molar-refractivity contribution is -0.134. The average Bonchev–Trinajstić information content (AvgIpc) is 3.04. The summed E-state index contributed by atoms with van der Waals surface area (Å²) in [5.74, 6) is -1.11. The maximum atomic E-state index is 14.6. The van der Waals surface area contributed by atoms with Gasteiger partial charge in [0.15, 0.2) is 18.1 Å². The first-order chi connectivity index (χ1) is 21.8. The van der Waals surface area contributed by atoms with Crippen molar-refractivity contribution in [3.05, 3.63) is 94.3 Å². The second-order valence-corrected chi connectivity index (χ2v) is 10.8. The zero-order valence-electron chi connectivity index (χ0n) is 24.3. The molecule has 45 heavy (non-hydrogen) atoms. The van der Waals surface area contributed by atoms with E-state index in [0.29, 0.717) is 28.6 Å². The van der Waals surface area contributed by atoms with Gasteiger partial charge in [0.1, 0.15) is 24.2 Å². The summed E-state index contributed by atoms with van der Waals surface area (Å²) in [6.07, 6.45) is 1.02. The summed E-state index contributed by atoms with van der Waals surface area (Å²) in [6.45, 7) is -0.227. The molecule has 0 unspecified atom stereocenters. The van der Waals surface area contributed by atoms with Crippen molar-refractivity contribution in [2.24, 2.45) is 0 Å². The van der Waals surface area contributed by atoms with E-state index < -0.39 is 29.8 Å². The van der Waals surface area contributed by atoms with Gasteiger partial charge in [-0.15, -0.1) is 0 Å². The van der Waals surface area contributed by atoms with Gasteiger partial charge in [-0.2, -0.15) is 0 Å². The van der Waals surface area contributed by atoms with Gasteiger partial charge in [0.05, 0.1) is 30.4 Å². The lowest BCUT2D eigenvalue weighted by Crippen LogP contribution is -2.58. The van der Waals surface area contributed by atoms with Gasteiger partial charge >= 0.3 is 0 Å². The van der Waals surface area contributed by atoms with Crippen LogP contribution in [0.1, 0.15) is 22.3 Å². The fraction of sp³-hybridized carbons (Fsp3) is 0.281. The van der Waals surface area contributed by atoms with Crippen molar-refractivity contribution >= 4 is 28.6 Å². The lowest BCUT2D eigenvalue weighted by atomic mass is 10.0. The summed E-state index contributed by atoms with van der Waals surface area (Å²) in [4.78, 5) is 58.2. The van der Waals surface area contributed by atoms with E-state index in [-0.39, 0.29) is 61.3 Å². The van der Waals surface area contributed by atoms with Crippen LogP contribution in [-0.4, -0.2) is 71.1 Å². The molecule has 0 saturated carbocycles. The highest BCUT2D eigenvalue weighted by Gasteiger charge is 2.35. The molecule has 0 aliphatic carbocycles. The molecular formula is C32H30FN5O7. The predicted octanol–water partition coefficient (Wildman–Crippen LogP) is 2.03. The molecule has 232 valence electrons. The number of carbonyl (C=O) groups is 3. The smallest absolute Gasteiger partial charge is 0.261 e. The van der Waals surface area contributed by atoms with Crippen molar-refractivity contribution < 1.29 is 33.0 Å². The first-order valence-electron chi connectivity index (χ1n) is 14.3. The Hall–Kier alpha value is -5.46. The summed E-state index contributed by atoms with van der Waals surface area (Å²) in [5, 5.41) is 6.04. The molecule has 3 aromatic carbocycles. The van der Waals surface area contributed by atoms with E-state index in [4.69, 9.17) is 14.2 Å². The van der Waals surface area contributed by atoms with E-state index in [9.17, 15) is 23.6 Å². The van der Waals surface area contributed by atoms with Crippen LogP contribution in [0.5, 0.6) is 17.2 Å². The highest BCUT2D eigenvalue weighted by atomic mass is 19.1. The van der Waals surface area contributed by atoms with E-state index in [1.807, 2.05) is 0 Å². The molecule has 1 saturated heterocycles. The fourth-order valence-corrected chi connectivity index (χ4v) is 5.44. The van der Waals surface area contributed by atoms with Crippen LogP contribution >= 0.6 is 0 Å². The molecule has 12 nitrogen and oxygen atoms in total. The fourth-order valence-electron chi connectivity index (χ4n) is 5.44. The number of benzene rings is 3. The normalized spacial score (nSPS) is 18.6. The number of likely N-dealkylation sites (tertiary alicyclic amines) is 1. The van der Waals surface area contributed by atoms with Gasteiger partial charge in [-0.3, -0.25) is 23.7 Å². The van der Waals surface area contributed by atoms with E-state index in [1.165, 1.54) is 36.2 Å². The number of piperidine rings is 1. The van der Waals surface area contributed by atoms with Crippen LogP contribution in [-0.2, 0) is 22.7 Å². The minimum atomic E-state index is -0.701. The first-order valence-corrected chi connectivity index (χ1v) is 14.3. The van der Waals surface area contributed by atoms with Crippen LogP contribution in [0.15, 0.2) is 71.8 Å². The number of aromatic nitrogens is 2. The number of para-hydroxylation sites is 1. The number of methoxy groups -OCH3 is 1. The third kappa shape index (κ3) is 6.56. The maximum absolute atomic E-state index is 14.6. The van der Waals surface area contributed by atoms with Crippen molar-refractivity contribution in [2.45, 2.75) is 31.7 Å². The molecule has 4 bridgehead atoms. The lowest BCUT2D eigenvalue weighted by Gasteiger charge is -2.39. The van der Waals surface area contributed by atoms with Crippen LogP contribution in [0.4, 0.5) is 4.39 Å². The SMILES string of the molecule is COc1ccc2cc1OCC(=O)NCc1cc(F)cc(c1)O[C@@H]1CCN(C(=O)Cn3cnc4ccccc4c3=O)C[C@@H]1NC2=O. The van der Waals surface area contributed by atoms with Crippen molar-refractivity contribution in [3.8, 4) is 17.2 Å². The number of ether oxygens (including phenoxy) is 3.